The Balaban J connectivity index is 2.07. The van der Waals surface area contributed by atoms with Crippen molar-refractivity contribution in [2.24, 2.45) is 5.41 Å². The summed E-state index contributed by atoms with van der Waals surface area (Å²) in [6.07, 6.45) is -3.73. The Morgan fingerprint density at radius 2 is 2.14 bits per heavy atom. The summed E-state index contributed by atoms with van der Waals surface area (Å²) in [7, 11) is 0. The highest BCUT2D eigenvalue weighted by atomic mass is 19.4. The molecule has 0 bridgehead atoms. The predicted octanol–water partition coefficient (Wildman–Crippen LogP) is 2.57. The maximum atomic E-state index is 12.3. The van der Waals surface area contributed by atoms with Crippen molar-refractivity contribution in [3.05, 3.63) is 24.3 Å². The normalized spacial score (nSPS) is 22.1. The molecule has 1 fully saturated rings. The van der Waals surface area contributed by atoms with Gasteiger partial charge in [-0.1, -0.05) is 12.1 Å². The SMILES string of the molecule is CC1(C(=O)Nc2ccccc2OCC(F)(F)F)CCNC1. The molecule has 1 atom stereocenters. The number of carbonyl (C=O) groups excluding carboxylic acids is 1. The fourth-order valence-corrected chi connectivity index (χ4v) is 2.14. The first kappa shape index (κ1) is 15.6. The second-order valence-electron chi connectivity index (χ2n) is 5.34. The van der Waals surface area contributed by atoms with Crippen LogP contribution in [0.15, 0.2) is 24.3 Å². The first-order valence-electron chi connectivity index (χ1n) is 6.61. The predicted molar refractivity (Wildman–Crippen MR) is 72.2 cm³/mol. The monoisotopic (exact) mass is 302 g/mol. The maximum absolute atomic E-state index is 12.3. The highest BCUT2D eigenvalue weighted by molar-refractivity contribution is 5.96. The molecule has 1 unspecified atom stereocenters. The van der Waals surface area contributed by atoms with Crippen molar-refractivity contribution in [3.63, 3.8) is 0 Å². The molecule has 0 spiro atoms. The molecular weight excluding hydrogens is 285 g/mol. The summed E-state index contributed by atoms with van der Waals surface area (Å²) in [6, 6.07) is 6.11. The third kappa shape index (κ3) is 4.10. The number of hydrogen-bond acceptors (Lipinski definition) is 3. The van der Waals surface area contributed by atoms with Crippen LogP contribution >= 0.6 is 0 Å². The Kier molecular flexibility index (Phi) is 4.41. The molecule has 0 saturated carbocycles. The molecule has 0 aliphatic carbocycles. The number of anilines is 1. The van der Waals surface area contributed by atoms with Gasteiger partial charge in [0.1, 0.15) is 5.75 Å². The van der Waals surface area contributed by atoms with Crippen molar-refractivity contribution >= 4 is 11.6 Å². The van der Waals surface area contributed by atoms with Crippen LogP contribution in [0, 0.1) is 5.41 Å². The Morgan fingerprint density at radius 1 is 1.43 bits per heavy atom. The van der Waals surface area contributed by atoms with Gasteiger partial charge in [-0.05, 0) is 32.0 Å². The molecule has 0 aromatic heterocycles. The zero-order valence-corrected chi connectivity index (χ0v) is 11.6. The molecule has 1 aromatic rings. The first-order valence-corrected chi connectivity index (χ1v) is 6.61. The minimum Gasteiger partial charge on any atom is -0.482 e. The van der Waals surface area contributed by atoms with Crippen LogP contribution in [0.1, 0.15) is 13.3 Å². The van der Waals surface area contributed by atoms with Crippen LogP contribution in [0.25, 0.3) is 0 Å². The van der Waals surface area contributed by atoms with Crippen LogP contribution in [0.4, 0.5) is 18.9 Å². The van der Waals surface area contributed by atoms with Gasteiger partial charge in [0.15, 0.2) is 6.61 Å². The van der Waals surface area contributed by atoms with E-state index in [0.29, 0.717) is 13.0 Å². The third-order valence-electron chi connectivity index (χ3n) is 3.44. The molecule has 2 N–H and O–H groups in total. The lowest BCUT2D eigenvalue weighted by molar-refractivity contribution is -0.153. The summed E-state index contributed by atoms with van der Waals surface area (Å²) < 4.78 is 41.4. The largest absolute Gasteiger partial charge is 0.482 e. The standard InChI is InChI=1S/C14H17F3N2O2/c1-13(6-7-18-8-13)12(20)19-10-4-2-3-5-11(10)21-9-14(15,16)17/h2-5,18H,6-9H2,1H3,(H,19,20). The molecule has 116 valence electrons. The summed E-state index contributed by atoms with van der Waals surface area (Å²) >= 11 is 0. The van der Waals surface area contributed by atoms with E-state index < -0.39 is 18.2 Å². The number of alkyl halides is 3. The molecule has 4 nitrogen and oxygen atoms in total. The van der Waals surface area contributed by atoms with Gasteiger partial charge < -0.3 is 15.4 Å². The molecule has 1 aliphatic rings. The molecule has 1 heterocycles. The van der Waals surface area contributed by atoms with Gasteiger partial charge in [-0.25, -0.2) is 0 Å². The van der Waals surface area contributed by atoms with Crippen molar-refractivity contribution in [1.29, 1.82) is 0 Å². The molecule has 1 aromatic carbocycles. The lowest BCUT2D eigenvalue weighted by atomic mass is 9.88. The fraction of sp³-hybridized carbons (Fsp3) is 0.500. The molecule has 1 amide bonds. The molecule has 21 heavy (non-hydrogen) atoms. The van der Waals surface area contributed by atoms with Crippen LogP contribution in [0.2, 0.25) is 0 Å². The van der Waals surface area contributed by atoms with E-state index >= 15 is 0 Å². The van der Waals surface area contributed by atoms with E-state index in [0.717, 1.165) is 6.54 Å². The fourth-order valence-electron chi connectivity index (χ4n) is 2.14. The van der Waals surface area contributed by atoms with E-state index in [-0.39, 0.29) is 17.3 Å². The number of para-hydroxylation sites is 2. The zero-order valence-electron chi connectivity index (χ0n) is 11.6. The van der Waals surface area contributed by atoms with E-state index in [4.69, 9.17) is 4.74 Å². The number of halogens is 3. The van der Waals surface area contributed by atoms with Crippen LogP contribution in [-0.2, 0) is 4.79 Å². The lowest BCUT2D eigenvalue weighted by Crippen LogP contribution is -2.35. The Morgan fingerprint density at radius 3 is 2.76 bits per heavy atom. The number of benzene rings is 1. The molecule has 2 rings (SSSR count). The second kappa shape index (κ2) is 5.93. The molecule has 1 aliphatic heterocycles. The number of carbonyl (C=O) groups is 1. The Labute approximate surface area is 120 Å². The van der Waals surface area contributed by atoms with Gasteiger partial charge in [0.25, 0.3) is 0 Å². The van der Waals surface area contributed by atoms with Crippen LogP contribution in [0.3, 0.4) is 0 Å². The first-order chi connectivity index (χ1) is 9.80. The van der Waals surface area contributed by atoms with Crippen LogP contribution < -0.4 is 15.4 Å². The Hall–Kier alpha value is -1.76. The van der Waals surface area contributed by atoms with Crippen LogP contribution in [-0.4, -0.2) is 31.8 Å². The third-order valence-corrected chi connectivity index (χ3v) is 3.44. The number of hydrogen-bond donors (Lipinski definition) is 2. The minimum absolute atomic E-state index is 0.0118. The van der Waals surface area contributed by atoms with Crippen LogP contribution in [0.5, 0.6) is 5.75 Å². The lowest BCUT2D eigenvalue weighted by Gasteiger charge is -2.22. The molecule has 1 saturated heterocycles. The minimum atomic E-state index is -4.42. The van der Waals surface area contributed by atoms with Crippen molar-refractivity contribution in [3.8, 4) is 5.75 Å². The smallest absolute Gasteiger partial charge is 0.422 e. The molecule has 0 radical (unpaired) electrons. The highest BCUT2D eigenvalue weighted by Gasteiger charge is 2.36. The van der Waals surface area contributed by atoms with Gasteiger partial charge in [0.2, 0.25) is 5.91 Å². The number of ether oxygens (including phenoxy) is 1. The van der Waals surface area contributed by atoms with Gasteiger partial charge in [-0.2, -0.15) is 13.2 Å². The van der Waals surface area contributed by atoms with Crippen molar-refractivity contribution in [1.82, 2.24) is 5.32 Å². The average molecular weight is 302 g/mol. The van der Waals surface area contributed by atoms with Gasteiger partial charge in [0, 0.05) is 6.54 Å². The van der Waals surface area contributed by atoms with E-state index in [1.807, 2.05) is 6.92 Å². The average Bonchev–Trinajstić information content (AvgIpc) is 2.85. The highest BCUT2D eigenvalue weighted by Crippen LogP contribution is 2.30. The van der Waals surface area contributed by atoms with E-state index in [1.165, 1.54) is 12.1 Å². The Bertz CT molecular complexity index is 511. The number of rotatable bonds is 4. The van der Waals surface area contributed by atoms with E-state index in [9.17, 15) is 18.0 Å². The summed E-state index contributed by atoms with van der Waals surface area (Å²) in [5.41, 5.74) is -0.309. The van der Waals surface area contributed by atoms with Gasteiger partial charge in [-0.15, -0.1) is 0 Å². The van der Waals surface area contributed by atoms with Gasteiger partial charge >= 0.3 is 6.18 Å². The number of amides is 1. The van der Waals surface area contributed by atoms with E-state index in [1.54, 1.807) is 12.1 Å². The topological polar surface area (TPSA) is 50.4 Å². The van der Waals surface area contributed by atoms with Crippen molar-refractivity contribution < 1.29 is 22.7 Å². The zero-order chi connectivity index (χ0) is 15.5. The molecular formula is C14H17F3N2O2. The van der Waals surface area contributed by atoms with E-state index in [2.05, 4.69) is 10.6 Å². The van der Waals surface area contributed by atoms with Crippen molar-refractivity contribution in [2.75, 3.05) is 25.0 Å². The van der Waals surface area contributed by atoms with Crippen molar-refractivity contribution in [2.45, 2.75) is 19.5 Å². The van der Waals surface area contributed by atoms with Gasteiger partial charge in [0.05, 0.1) is 11.1 Å². The number of nitrogens with one attached hydrogen (secondary N) is 2. The summed E-state index contributed by atoms with van der Waals surface area (Å²) in [5.74, 6) is -0.215. The molecule has 7 heteroatoms. The maximum Gasteiger partial charge on any atom is 0.422 e. The summed E-state index contributed by atoms with van der Waals surface area (Å²) in [5, 5.41) is 5.76. The summed E-state index contributed by atoms with van der Waals surface area (Å²) in [6.45, 7) is 1.72. The van der Waals surface area contributed by atoms with Gasteiger partial charge in [-0.3, -0.25) is 4.79 Å². The quantitative estimate of drug-likeness (QED) is 0.899. The second-order valence-corrected chi connectivity index (χ2v) is 5.34. The summed E-state index contributed by atoms with van der Waals surface area (Å²) in [4.78, 5) is 12.3.